The summed E-state index contributed by atoms with van der Waals surface area (Å²) in [7, 11) is 2.68. The number of carbonyl (C=O) groups is 1. The molecule has 0 unspecified atom stereocenters. The van der Waals surface area contributed by atoms with E-state index in [4.69, 9.17) is 5.73 Å². The predicted molar refractivity (Wildman–Crippen MR) is 132 cm³/mol. The van der Waals surface area contributed by atoms with Gasteiger partial charge in [0.25, 0.3) is 5.56 Å². The summed E-state index contributed by atoms with van der Waals surface area (Å²) in [5, 5.41) is 8.78. The van der Waals surface area contributed by atoms with Crippen LogP contribution in [0.3, 0.4) is 0 Å². The van der Waals surface area contributed by atoms with Gasteiger partial charge in [0.1, 0.15) is 17.2 Å². The summed E-state index contributed by atoms with van der Waals surface area (Å²) in [6, 6.07) is 16.0. The Morgan fingerprint density at radius 1 is 1.00 bits per heavy atom. The van der Waals surface area contributed by atoms with E-state index in [9.17, 15) is 18.8 Å². The average Bonchev–Trinajstić information content (AvgIpc) is 3.27. The normalized spacial score (nSPS) is 11.1. The molecule has 4 aromatic rings. The van der Waals surface area contributed by atoms with Crippen LogP contribution in [-0.2, 0) is 27.1 Å². The number of halogens is 1. The van der Waals surface area contributed by atoms with E-state index in [1.165, 1.54) is 20.2 Å². The molecule has 0 aliphatic carbocycles. The van der Waals surface area contributed by atoms with E-state index in [0.717, 1.165) is 26.5 Å². The lowest BCUT2D eigenvalue weighted by Gasteiger charge is -2.12. The van der Waals surface area contributed by atoms with Gasteiger partial charge in [0.2, 0.25) is 0 Å². The van der Waals surface area contributed by atoms with Crippen LogP contribution < -0.4 is 17.0 Å². The lowest BCUT2D eigenvalue weighted by atomic mass is 10.1. The summed E-state index contributed by atoms with van der Waals surface area (Å²) >= 11 is 1.07. The lowest BCUT2D eigenvalue weighted by molar-refractivity contribution is 0.102. The Hall–Kier alpha value is -3.99. The number of carbonyl (C=O) groups excluding carboxylic acids is 1. The number of aryl methyl sites for hydroxylation is 1. The van der Waals surface area contributed by atoms with Crippen molar-refractivity contribution in [2.45, 2.75) is 18.1 Å². The van der Waals surface area contributed by atoms with Gasteiger partial charge in [-0.05, 0) is 24.1 Å². The number of rotatable bonds is 8. The van der Waals surface area contributed by atoms with Crippen molar-refractivity contribution >= 4 is 23.4 Å². The number of nitrogens with two attached hydrogens (primary N) is 1. The zero-order valence-electron chi connectivity index (χ0n) is 19.1. The van der Waals surface area contributed by atoms with Crippen LogP contribution in [0.4, 0.5) is 10.2 Å². The molecule has 11 heteroatoms. The van der Waals surface area contributed by atoms with E-state index in [-0.39, 0.29) is 17.1 Å². The minimum absolute atomic E-state index is 0.168. The SMILES string of the molecule is Cn1c(N)c(C(=O)CSc2nnc(-c3ccccc3F)n2CCc2ccccc2)c(=O)n(C)c1=O. The first-order chi connectivity index (χ1) is 16.8. The molecule has 0 aliphatic rings. The third kappa shape index (κ3) is 4.80. The molecule has 0 saturated carbocycles. The van der Waals surface area contributed by atoms with Crippen LogP contribution in [0.2, 0.25) is 0 Å². The molecule has 0 bridgehead atoms. The van der Waals surface area contributed by atoms with Crippen molar-refractivity contribution in [3.63, 3.8) is 0 Å². The molecule has 0 saturated heterocycles. The highest BCUT2D eigenvalue weighted by Gasteiger charge is 2.23. The average molecular weight is 495 g/mol. The zero-order chi connectivity index (χ0) is 25.1. The van der Waals surface area contributed by atoms with E-state index in [2.05, 4.69) is 10.2 Å². The van der Waals surface area contributed by atoms with Gasteiger partial charge >= 0.3 is 5.69 Å². The molecule has 0 amide bonds. The fraction of sp³-hybridized carbons (Fsp3) is 0.208. The Kier molecular flexibility index (Phi) is 6.97. The van der Waals surface area contributed by atoms with Crippen molar-refractivity contribution in [2.24, 2.45) is 14.1 Å². The molecular formula is C24H23FN6O3S. The molecule has 2 N–H and O–H groups in total. The number of ketones is 1. The maximum absolute atomic E-state index is 14.5. The molecule has 0 fully saturated rings. The van der Waals surface area contributed by atoms with Gasteiger partial charge in [-0.2, -0.15) is 0 Å². The molecule has 0 aliphatic heterocycles. The number of Topliss-reactive ketones (excluding diaryl/α,β-unsaturated/α-hetero) is 1. The summed E-state index contributed by atoms with van der Waals surface area (Å²) in [5.41, 5.74) is 5.65. The fourth-order valence-corrected chi connectivity index (χ4v) is 4.49. The Labute approximate surface area is 204 Å². The fourth-order valence-electron chi connectivity index (χ4n) is 3.65. The van der Waals surface area contributed by atoms with Gasteiger partial charge in [0.15, 0.2) is 16.8 Å². The van der Waals surface area contributed by atoms with Crippen LogP contribution in [0.25, 0.3) is 11.4 Å². The molecule has 0 radical (unpaired) electrons. The highest BCUT2D eigenvalue weighted by molar-refractivity contribution is 7.99. The van der Waals surface area contributed by atoms with Gasteiger partial charge in [0, 0.05) is 20.6 Å². The highest BCUT2D eigenvalue weighted by Crippen LogP contribution is 2.27. The van der Waals surface area contributed by atoms with Crippen LogP contribution in [0, 0.1) is 5.82 Å². The summed E-state index contributed by atoms with van der Waals surface area (Å²) in [5.74, 6) is -1.00. The molecule has 9 nitrogen and oxygen atoms in total. The molecule has 4 rings (SSSR count). The minimum atomic E-state index is -0.756. The van der Waals surface area contributed by atoms with Gasteiger partial charge in [-0.3, -0.25) is 18.7 Å². The molecule has 180 valence electrons. The first-order valence-electron chi connectivity index (χ1n) is 10.7. The van der Waals surface area contributed by atoms with Crippen LogP contribution >= 0.6 is 11.8 Å². The number of hydrogen-bond donors (Lipinski definition) is 1. The summed E-state index contributed by atoms with van der Waals surface area (Å²) in [6.45, 7) is 0.445. The number of thioether (sulfide) groups is 1. The van der Waals surface area contributed by atoms with E-state index in [1.54, 1.807) is 22.8 Å². The van der Waals surface area contributed by atoms with Crippen molar-refractivity contribution in [1.82, 2.24) is 23.9 Å². The Morgan fingerprint density at radius 2 is 1.69 bits per heavy atom. The van der Waals surface area contributed by atoms with Gasteiger partial charge in [0.05, 0.1) is 11.3 Å². The van der Waals surface area contributed by atoms with Gasteiger partial charge in [-0.1, -0.05) is 54.2 Å². The Bertz CT molecular complexity index is 1510. The number of aromatic nitrogens is 5. The van der Waals surface area contributed by atoms with E-state index in [0.29, 0.717) is 29.5 Å². The molecule has 2 aromatic carbocycles. The second-order valence-corrected chi connectivity index (χ2v) is 8.79. The molecule has 2 aromatic heterocycles. The monoisotopic (exact) mass is 494 g/mol. The largest absolute Gasteiger partial charge is 0.384 e. The zero-order valence-corrected chi connectivity index (χ0v) is 20.0. The van der Waals surface area contributed by atoms with Gasteiger partial charge in [-0.25, -0.2) is 9.18 Å². The molecular weight excluding hydrogens is 471 g/mol. The molecule has 0 atom stereocenters. The van der Waals surface area contributed by atoms with Crippen molar-refractivity contribution in [2.75, 3.05) is 11.5 Å². The first kappa shape index (κ1) is 24.1. The summed E-state index contributed by atoms with van der Waals surface area (Å²) in [4.78, 5) is 37.5. The van der Waals surface area contributed by atoms with E-state index in [1.807, 2.05) is 30.3 Å². The second kappa shape index (κ2) is 10.1. The first-order valence-corrected chi connectivity index (χ1v) is 11.7. The van der Waals surface area contributed by atoms with Crippen molar-refractivity contribution in [3.8, 4) is 11.4 Å². The lowest BCUT2D eigenvalue weighted by Crippen LogP contribution is -2.41. The van der Waals surface area contributed by atoms with Gasteiger partial charge in [-0.15, -0.1) is 10.2 Å². The smallest absolute Gasteiger partial charge is 0.332 e. The Balaban J connectivity index is 1.65. The van der Waals surface area contributed by atoms with Crippen molar-refractivity contribution in [1.29, 1.82) is 0 Å². The Morgan fingerprint density at radius 3 is 2.40 bits per heavy atom. The maximum atomic E-state index is 14.5. The van der Waals surface area contributed by atoms with Gasteiger partial charge < -0.3 is 10.3 Å². The predicted octanol–water partition coefficient (Wildman–Crippen LogP) is 2.28. The molecule has 0 spiro atoms. The molecule has 2 heterocycles. The number of anilines is 1. The van der Waals surface area contributed by atoms with Crippen molar-refractivity contribution in [3.05, 3.63) is 92.4 Å². The van der Waals surface area contributed by atoms with Crippen molar-refractivity contribution < 1.29 is 9.18 Å². The number of nitrogen functional groups attached to an aromatic ring is 1. The second-order valence-electron chi connectivity index (χ2n) is 7.85. The summed E-state index contributed by atoms with van der Waals surface area (Å²) in [6.07, 6.45) is 0.635. The van der Waals surface area contributed by atoms with Crippen LogP contribution in [0.15, 0.2) is 69.3 Å². The third-order valence-electron chi connectivity index (χ3n) is 5.62. The maximum Gasteiger partial charge on any atom is 0.332 e. The highest BCUT2D eigenvalue weighted by atomic mass is 32.2. The van der Waals surface area contributed by atoms with Crippen LogP contribution in [0.1, 0.15) is 15.9 Å². The number of nitrogens with zero attached hydrogens (tertiary/aromatic N) is 5. The standard InChI is InChI=1S/C24H23FN6O3S/c1-29-20(26)19(22(33)30(2)24(29)34)18(32)14-35-23-28-27-21(16-10-6-7-11-17(16)25)31(23)13-12-15-8-4-3-5-9-15/h3-11H,12-14,26H2,1-2H3. The third-order valence-corrected chi connectivity index (χ3v) is 6.59. The van der Waals surface area contributed by atoms with Crippen LogP contribution in [-0.4, -0.2) is 35.4 Å². The van der Waals surface area contributed by atoms with E-state index >= 15 is 0 Å². The number of benzene rings is 2. The minimum Gasteiger partial charge on any atom is -0.384 e. The summed E-state index contributed by atoms with van der Waals surface area (Å²) < 4.78 is 18.2. The molecule has 35 heavy (non-hydrogen) atoms. The quantitative estimate of drug-likeness (QED) is 0.295. The topological polar surface area (TPSA) is 118 Å². The van der Waals surface area contributed by atoms with Crippen LogP contribution in [0.5, 0.6) is 0 Å². The number of hydrogen-bond acceptors (Lipinski definition) is 7. The van der Waals surface area contributed by atoms with E-state index < -0.39 is 22.8 Å².